The summed E-state index contributed by atoms with van der Waals surface area (Å²) in [5.74, 6) is 1.23. The van der Waals surface area contributed by atoms with Crippen molar-refractivity contribution in [3.8, 4) is 0 Å². The van der Waals surface area contributed by atoms with E-state index < -0.39 is 0 Å². The van der Waals surface area contributed by atoms with Gasteiger partial charge in [0.2, 0.25) is 5.91 Å². The molecule has 0 fully saturated rings. The van der Waals surface area contributed by atoms with Crippen molar-refractivity contribution in [2.24, 2.45) is 7.05 Å². The Morgan fingerprint density at radius 3 is 3.18 bits per heavy atom. The molecule has 0 saturated heterocycles. The van der Waals surface area contributed by atoms with Gasteiger partial charge in [0, 0.05) is 24.2 Å². The van der Waals surface area contributed by atoms with Gasteiger partial charge in [0.25, 0.3) is 0 Å². The minimum atomic E-state index is 0.0137. The first-order valence-corrected chi connectivity index (χ1v) is 8.05. The fourth-order valence-electron chi connectivity index (χ4n) is 2.75. The molecule has 0 aliphatic carbocycles. The van der Waals surface area contributed by atoms with E-state index in [1.165, 1.54) is 0 Å². The third kappa shape index (κ3) is 2.16. The van der Waals surface area contributed by atoms with E-state index in [9.17, 15) is 4.79 Å². The number of amides is 1. The highest BCUT2D eigenvalue weighted by atomic mass is 32.2. The first-order chi connectivity index (χ1) is 10.7. The summed E-state index contributed by atoms with van der Waals surface area (Å²) >= 11 is 1.62. The second-order valence-electron chi connectivity index (χ2n) is 5.27. The zero-order valence-corrected chi connectivity index (χ0v) is 12.8. The summed E-state index contributed by atoms with van der Waals surface area (Å²) in [5, 5.41) is 8.42. The minimum Gasteiger partial charge on any atom is -0.310 e. The molecule has 1 N–H and O–H groups in total. The third-order valence-electron chi connectivity index (χ3n) is 3.82. The Morgan fingerprint density at radius 2 is 2.27 bits per heavy atom. The van der Waals surface area contributed by atoms with Crippen molar-refractivity contribution < 1.29 is 4.79 Å². The second kappa shape index (κ2) is 5.14. The Balaban J connectivity index is 1.84. The number of hydrogen-bond donors (Lipinski definition) is 1. The number of aromatic nitrogens is 3. The fraction of sp³-hybridized carbons (Fsp3) is 0.188. The molecule has 1 aliphatic heterocycles. The second-order valence-corrected chi connectivity index (χ2v) is 6.36. The van der Waals surface area contributed by atoms with Gasteiger partial charge < -0.3 is 5.32 Å². The number of anilines is 1. The van der Waals surface area contributed by atoms with Crippen LogP contribution in [-0.2, 0) is 11.8 Å². The van der Waals surface area contributed by atoms with Gasteiger partial charge in [0.15, 0.2) is 0 Å². The summed E-state index contributed by atoms with van der Waals surface area (Å²) in [7, 11) is 1.84. The van der Waals surface area contributed by atoms with Crippen LogP contribution in [0.2, 0.25) is 0 Å². The molecule has 1 amide bonds. The van der Waals surface area contributed by atoms with Crippen molar-refractivity contribution >= 4 is 34.4 Å². The van der Waals surface area contributed by atoms with Crippen LogP contribution < -0.4 is 5.32 Å². The average Bonchev–Trinajstić information content (AvgIpc) is 2.79. The number of rotatable bonds is 1. The molecule has 1 aliphatic rings. The Hall–Kier alpha value is -2.34. The summed E-state index contributed by atoms with van der Waals surface area (Å²) in [4.78, 5) is 16.3. The lowest BCUT2D eigenvalue weighted by Gasteiger charge is -2.14. The minimum absolute atomic E-state index is 0.0137. The number of pyridine rings is 1. The average molecular weight is 310 g/mol. The summed E-state index contributed by atoms with van der Waals surface area (Å²) < 4.78 is 1.72. The Labute approximate surface area is 131 Å². The molecule has 4 rings (SSSR count). The van der Waals surface area contributed by atoms with Crippen molar-refractivity contribution in [2.75, 3.05) is 11.1 Å². The number of benzene rings is 1. The van der Waals surface area contributed by atoms with Crippen LogP contribution in [0, 0.1) is 0 Å². The molecule has 0 saturated carbocycles. The van der Waals surface area contributed by atoms with E-state index in [0.717, 1.165) is 27.8 Å². The van der Waals surface area contributed by atoms with Crippen molar-refractivity contribution in [2.45, 2.75) is 5.25 Å². The number of carbonyl (C=O) groups excluding carboxylic acids is 1. The Morgan fingerprint density at radius 1 is 1.36 bits per heavy atom. The highest BCUT2D eigenvalue weighted by Gasteiger charge is 2.27. The van der Waals surface area contributed by atoms with Crippen LogP contribution in [0.4, 0.5) is 5.82 Å². The topological polar surface area (TPSA) is 59.8 Å². The standard InChI is InChI=1S/C16H14N4OS/c1-20-16-12(8-18-20)15(22-9-14(21)19-16)11-4-5-13-10(7-11)3-2-6-17-13/h2-8,15H,9H2,1H3,(H,19,21)/t15-/m0/s1. The quantitative estimate of drug-likeness (QED) is 0.751. The van der Waals surface area contributed by atoms with Gasteiger partial charge in [-0.05, 0) is 23.8 Å². The summed E-state index contributed by atoms with van der Waals surface area (Å²) in [5.41, 5.74) is 3.18. The summed E-state index contributed by atoms with van der Waals surface area (Å²) in [6.45, 7) is 0. The number of fused-ring (bicyclic) bond motifs is 2. The van der Waals surface area contributed by atoms with Crippen LogP contribution in [0.3, 0.4) is 0 Å². The molecule has 2 aromatic heterocycles. The largest absolute Gasteiger partial charge is 0.310 e. The Bertz CT molecular complexity index is 873. The number of thioether (sulfide) groups is 1. The maximum Gasteiger partial charge on any atom is 0.235 e. The number of nitrogens with zero attached hydrogens (tertiary/aromatic N) is 3. The molecule has 0 spiro atoms. The molecule has 6 heteroatoms. The van der Waals surface area contributed by atoms with Gasteiger partial charge in [-0.25, -0.2) is 0 Å². The molecule has 3 aromatic rings. The predicted molar refractivity (Wildman–Crippen MR) is 87.9 cm³/mol. The van der Waals surface area contributed by atoms with E-state index in [0.29, 0.717) is 5.75 Å². The number of hydrogen-bond acceptors (Lipinski definition) is 4. The summed E-state index contributed by atoms with van der Waals surface area (Å²) in [6.07, 6.45) is 3.64. The highest BCUT2D eigenvalue weighted by molar-refractivity contribution is 8.00. The van der Waals surface area contributed by atoms with Crippen molar-refractivity contribution in [1.29, 1.82) is 0 Å². The van der Waals surface area contributed by atoms with Gasteiger partial charge >= 0.3 is 0 Å². The predicted octanol–water partition coefficient (Wildman–Crippen LogP) is 2.74. The molecule has 5 nitrogen and oxygen atoms in total. The lowest BCUT2D eigenvalue weighted by molar-refractivity contribution is -0.113. The van der Waals surface area contributed by atoms with Gasteiger partial charge in [-0.15, -0.1) is 11.8 Å². The van der Waals surface area contributed by atoms with E-state index in [1.54, 1.807) is 22.6 Å². The number of carbonyl (C=O) groups is 1. The van der Waals surface area contributed by atoms with Crippen LogP contribution >= 0.6 is 11.8 Å². The van der Waals surface area contributed by atoms with Crippen molar-refractivity contribution in [1.82, 2.24) is 14.8 Å². The Kier molecular flexibility index (Phi) is 3.11. The molecular weight excluding hydrogens is 296 g/mol. The zero-order valence-electron chi connectivity index (χ0n) is 12.0. The van der Waals surface area contributed by atoms with Gasteiger partial charge in [-0.2, -0.15) is 5.10 Å². The van der Waals surface area contributed by atoms with E-state index in [2.05, 4.69) is 33.6 Å². The number of nitrogens with one attached hydrogen (secondary N) is 1. The fourth-order valence-corrected chi connectivity index (χ4v) is 3.83. The van der Waals surface area contributed by atoms with Crippen molar-refractivity contribution in [3.05, 3.63) is 53.9 Å². The molecule has 22 heavy (non-hydrogen) atoms. The first-order valence-electron chi connectivity index (χ1n) is 7.00. The highest BCUT2D eigenvalue weighted by Crippen LogP contribution is 2.41. The van der Waals surface area contributed by atoms with E-state index in [-0.39, 0.29) is 11.2 Å². The van der Waals surface area contributed by atoms with E-state index in [4.69, 9.17) is 0 Å². The lowest BCUT2D eigenvalue weighted by Crippen LogP contribution is -2.15. The molecule has 0 unspecified atom stereocenters. The van der Waals surface area contributed by atoms with Crippen LogP contribution in [0.5, 0.6) is 0 Å². The molecular formula is C16H14N4OS. The third-order valence-corrected chi connectivity index (χ3v) is 5.11. The maximum absolute atomic E-state index is 11.9. The lowest BCUT2D eigenvalue weighted by atomic mass is 10.0. The van der Waals surface area contributed by atoms with Crippen LogP contribution in [0.1, 0.15) is 16.4 Å². The van der Waals surface area contributed by atoms with Crippen molar-refractivity contribution in [3.63, 3.8) is 0 Å². The number of aryl methyl sites for hydroxylation is 1. The van der Waals surface area contributed by atoms with E-state index >= 15 is 0 Å². The van der Waals surface area contributed by atoms with Crippen LogP contribution in [0.15, 0.2) is 42.7 Å². The maximum atomic E-state index is 11.9. The first kappa shape index (κ1) is 13.3. The van der Waals surface area contributed by atoms with E-state index in [1.807, 2.05) is 25.4 Å². The molecule has 0 radical (unpaired) electrons. The van der Waals surface area contributed by atoms with Gasteiger partial charge in [0.1, 0.15) is 5.82 Å². The summed E-state index contributed by atoms with van der Waals surface area (Å²) in [6, 6.07) is 10.3. The molecule has 3 heterocycles. The van der Waals surface area contributed by atoms with Gasteiger partial charge in [0.05, 0.1) is 22.7 Å². The van der Waals surface area contributed by atoms with Crippen LogP contribution in [-0.4, -0.2) is 26.4 Å². The molecule has 1 aromatic carbocycles. The molecule has 1 atom stereocenters. The molecule has 110 valence electrons. The zero-order chi connectivity index (χ0) is 15.1. The van der Waals surface area contributed by atoms with Crippen LogP contribution in [0.25, 0.3) is 10.9 Å². The monoisotopic (exact) mass is 310 g/mol. The normalized spacial score (nSPS) is 17.9. The van der Waals surface area contributed by atoms with Gasteiger partial charge in [-0.1, -0.05) is 12.1 Å². The van der Waals surface area contributed by atoms with Gasteiger partial charge in [-0.3, -0.25) is 14.5 Å². The smallest absolute Gasteiger partial charge is 0.235 e. The molecule has 0 bridgehead atoms. The SMILES string of the molecule is Cn1ncc2c1NC(=O)CS[C@H]2c1ccc2ncccc2c1.